The Morgan fingerprint density at radius 3 is 2.54 bits per heavy atom. The number of nitrogens with one attached hydrogen (secondary N) is 1. The van der Waals surface area contributed by atoms with Crippen LogP contribution in [-0.2, 0) is 25.7 Å². The Morgan fingerprint density at radius 1 is 1.27 bits per heavy atom. The van der Waals surface area contributed by atoms with E-state index in [9.17, 15) is 9.59 Å². The molecular weight excluding hydrogens is 336 g/mol. The summed E-state index contributed by atoms with van der Waals surface area (Å²) < 4.78 is 16.2. The fraction of sp³-hybridized carbons (Fsp3) is 0.474. The smallest absolute Gasteiger partial charge is 0.333 e. The zero-order valence-corrected chi connectivity index (χ0v) is 15.4. The van der Waals surface area contributed by atoms with Gasteiger partial charge in [0, 0.05) is 18.5 Å². The third-order valence-electron chi connectivity index (χ3n) is 4.15. The summed E-state index contributed by atoms with van der Waals surface area (Å²) in [5.74, 6) is 0.160. The maximum atomic E-state index is 12.1. The predicted octanol–water partition coefficient (Wildman–Crippen LogP) is 1.31. The zero-order valence-electron chi connectivity index (χ0n) is 15.4. The molecule has 142 valence electrons. The highest BCUT2D eigenvalue weighted by atomic mass is 16.5. The number of carbonyl (C=O) groups excluding carboxylic acids is 2. The molecule has 0 aromatic heterocycles. The van der Waals surface area contributed by atoms with Crippen LogP contribution in [-0.4, -0.2) is 43.8 Å². The fourth-order valence-corrected chi connectivity index (χ4v) is 2.86. The van der Waals surface area contributed by atoms with Crippen molar-refractivity contribution >= 4 is 11.9 Å². The summed E-state index contributed by atoms with van der Waals surface area (Å²) >= 11 is 0. The van der Waals surface area contributed by atoms with Crippen molar-refractivity contribution in [1.29, 1.82) is 0 Å². The summed E-state index contributed by atoms with van der Waals surface area (Å²) in [5.41, 5.74) is 7.60. The molecule has 2 rings (SSSR count). The van der Waals surface area contributed by atoms with Crippen LogP contribution in [0.25, 0.3) is 0 Å². The van der Waals surface area contributed by atoms with Crippen molar-refractivity contribution in [1.82, 2.24) is 5.32 Å². The van der Waals surface area contributed by atoms with Crippen LogP contribution in [0.3, 0.4) is 0 Å². The Balaban J connectivity index is 2.14. The summed E-state index contributed by atoms with van der Waals surface area (Å²) in [4.78, 5) is 23.6. The minimum Gasteiger partial charge on any atom is -0.497 e. The van der Waals surface area contributed by atoms with Crippen LogP contribution >= 0.6 is 0 Å². The first-order chi connectivity index (χ1) is 12.4. The lowest BCUT2D eigenvalue weighted by atomic mass is 9.88. The van der Waals surface area contributed by atoms with Gasteiger partial charge >= 0.3 is 5.97 Å². The highest BCUT2D eigenvalue weighted by Crippen LogP contribution is 2.23. The van der Waals surface area contributed by atoms with E-state index in [2.05, 4.69) is 5.32 Å². The maximum absolute atomic E-state index is 12.1. The molecule has 0 saturated heterocycles. The highest BCUT2D eigenvalue weighted by Gasteiger charge is 2.34. The van der Waals surface area contributed by atoms with Gasteiger partial charge in [-0.25, -0.2) is 4.79 Å². The van der Waals surface area contributed by atoms with Gasteiger partial charge in [-0.1, -0.05) is 12.1 Å². The van der Waals surface area contributed by atoms with E-state index in [4.69, 9.17) is 19.9 Å². The molecule has 26 heavy (non-hydrogen) atoms. The number of amides is 1. The number of ether oxygens (including phenoxy) is 3. The first-order valence-corrected chi connectivity index (χ1v) is 8.59. The number of nitrogens with two attached hydrogens (primary N) is 1. The molecule has 1 amide bonds. The minimum atomic E-state index is -0.524. The molecule has 0 radical (unpaired) electrons. The maximum Gasteiger partial charge on any atom is 0.333 e. The lowest BCUT2D eigenvalue weighted by molar-refractivity contribution is -0.139. The molecule has 0 unspecified atom stereocenters. The Morgan fingerprint density at radius 2 is 1.96 bits per heavy atom. The molecule has 0 saturated carbocycles. The second-order valence-electron chi connectivity index (χ2n) is 6.13. The van der Waals surface area contributed by atoms with Crippen molar-refractivity contribution in [2.75, 3.05) is 13.7 Å². The van der Waals surface area contributed by atoms with Crippen molar-refractivity contribution in [3.63, 3.8) is 0 Å². The third kappa shape index (κ3) is 5.31. The molecule has 1 aromatic carbocycles. The normalized spacial score (nSPS) is 22.3. The van der Waals surface area contributed by atoms with Crippen LogP contribution < -0.4 is 15.8 Å². The van der Waals surface area contributed by atoms with Gasteiger partial charge in [0.05, 0.1) is 32.5 Å². The van der Waals surface area contributed by atoms with Crippen LogP contribution in [0.4, 0.5) is 0 Å². The van der Waals surface area contributed by atoms with Gasteiger partial charge in [0.2, 0.25) is 5.91 Å². The summed E-state index contributed by atoms with van der Waals surface area (Å²) in [6.45, 7) is 3.78. The molecule has 0 aliphatic heterocycles. The summed E-state index contributed by atoms with van der Waals surface area (Å²) in [7, 11) is 1.61. The van der Waals surface area contributed by atoms with Gasteiger partial charge in [0.1, 0.15) is 5.75 Å². The quantitative estimate of drug-likeness (QED) is 0.710. The first kappa shape index (κ1) is 19.9. The molecule has 1 aromatic rings. The Bertz CT molecular complexity index is 656. The SMILES string of the molecule is CCOC(=O)C1=C[C@@H](OCc2ccc(OC)cc2)[C@H](NC(C)=O)[C@@H](N)C1. The van der Waals surface area contributed by atoms with Crippen molar-refractivity contribution < 1.29 is 23.8 Å². The van der Waals surface area contributed by atoms with E-state index in [0.717, 1.165) is 11.3 Å². The number of methoxy groups -OCH3 is 1. The number of hydrogen-bond donors (Lipinski definition) is 2. The van der Waals surface area contributed by atoms with Gasteiger partial charge in [-0.15, -0.1) is 0 Å². The van der Waals surface area contributed by atoms with E-state index in [-0.39, 0.29) is 12.5 Å². The second kappa shape index (κ2) is 9.35. The van der Waals surface area contributed by atoms with Crippen LogP contribution in [0.2, 0.25) is 0 Å². The monoisotopic (exact) mass is 362 g/mol. The van der Waals surface area contributed by atoms with Gasteiger partial charge in [-0.2, -0.15) is 0 Å². The number of rotatable bonds is 7. The molecule has 3 N–H and O–H groups in total. The number of carbonyl (C=O) groups is 2. The summed E-state index contributed by atoms with van der Waals surface area (Å²) in [6.07, 6.45) is 1.50. The number of hydrogen-bond acceptors (Lipinski definition) is 6. The summed E-state index contributed by atoms with van der Waals surface area (Å²) in [5, 5.41) is 2.82. The molecule has 0 heterocycles. The Labute approximate surface area is 153 Å². The van der Waals surface area contributed by atoms with Gasteiger partial charge in [-0.05, 0) is 37.1 Å². The molecule has 1 aliphatic carbocycles. The molecule has 0 spiro atoms. The fourth-order valence-electron chi connectivity index (χ4n) is 2.86. The van der Waals surface area contributed by atoms with E-state index in [1.54, 1.807) is 20.1 Å². The molecule has 3 atom stereocenters. The van der Waals surface area contributed by atoms with Crippen LogP contribution in [0.1, 0.15) is 25.8 Å². The van der Waals surface area contributed by atoms with E-state index in [1.165, 1.54) is 6.92 Å². The molecular formula is C19H26N2O5. The van der Waals surface area contributed by atoms with E-state index < -0.39 is 24.2 Å². The third-order valence-corrected chi connectivity index (χ3v) is 4.15. The summed E-state index contributed by atoms with van der Waals surface area (Å²) in [6, 6.07) is 6.62. The van der Waals surface area contributed by atoms with Gasteiger partial charge in [0.15, 0.2) is 0 Å². The molecule has 0 bridgehead atoms. The molecule has 1 aliphatic rings. The van der Waals surface area contributed by atoms with E-state index >= 15 is 0 Å². The van der Waals surface area contributed by atoms with Crippen molar-refractivity contribution in [2.24, 2.45) is 5.73 Å². The highest BCUT2D eigenvalue weighted by molar-refractivity contribution is 5.89. The van der Waals surface area contributed by atoms with Gasteiger partial charge < -0.3 is 25.3 Å². The molecule has 7 heteroatoms. The largest absolute Gasteiger partial charge is 0.497 e. The second-order valence-corrected chi connectivity index (χ2v) is 6.13. The van der Waals surface area contributed by atoms with Crippen molar-refractivity contribution in [3.05, 3.63) is 41.5 Å². The van der Waals surface area contributed by atoms with Gasteiger partial charge in [-0.3, -0.25) is 4.79 Å². The number of esters is 1. The van der Waals surface area contributed by atoms with Crippen molar-refractivity contribution in [2.45, 2.75) is 45.1 Å². The standard InChI is InChI=1S/C19H26N2O5/c1-4-25-19(23)14-9-16(20)18(21-12(2)22)17(10-14)26-11-13-5-7-15(24-3)8-6-13/h5-8,10,16-18H,4,9,11,20H2,1-3H3,(H,21,22)/t16-,17+,18+/m0/s1. The lowest BCUT2D eigenvalue weighted by Crippen LogP contribution is -2.56. The van der Waals surface area contributed by atoms with Crippen molar-refractivity contribution in [3.8, 4) is 5.75 Å². The van der Waals surface area contributed by atoms with Crippen LogP contribution in [0.5, 0.6) is 5.75 Å². The Hall–Kier alpha value is -2.38. The van der Waals surface area contributed by atoms with Crippen LogP contribution in [0, 0.1) is 0 Å². The van der Waals surface area contributed by atoms with E-state index in [0.29, 0.717) is 18.6 Å². The van der Waals surface area contributed by atoms with Crippen LogP contribution in [0.15, 0.2) is 35.9 Å². The average molecular weight is 362 g/mol. The first-order valence-electron chi connectivity index (χ1n) is 8.59. The predicted molar refractivity (Wildman–Crippen MR) is 96.5 cm³/mol. The molecule has 7 nitrogen and oxygen atoms in total. The Kier molecular flexibility index (Phi) is 7.17. The molecule has 0 fully saturated rings. The van der Waals surface area contributed by atoms with Gasteiger partial charge in [0.25, 0.3) is 0 Å². The van der Waals surface area contributed by atoms with E-state index in [1.807, 2.05) is 24.3 Å². The number of benzene rings is 1. The topological polar surface area (TPSA) is 99.9 Å². The lowest BCUT2D eigenvalue weighted by Gasteiger charge is -2.35. The average Bonchev–Trinajstić information content (AvgIpc) is 2.62. The zero-order chi connectivity index (χ0) is 19.1. The minimum absolute atomic E-state index is 0.198.